The molecule has 1 unspecified atom stereocenters. The Kier molecular flexibility index (Phi) is 4.30. The van der Waals surface area contributed by atoms with Gasteiger partial charge in [-0.3, -0.25) is 0 Å². The van der Waals surface area contributed by atoms with Gasteiger partial charge in [0.15, 0.2) is 0 Å². The zero-order valence-corrected chi connectivity index (χ0v) is 10.7. The number of carbonyl (C=O) groups is 2. The standard InChI is InChI=1S/C11H18N4O3/c1-4-7(8-12-5-6-13-8)14-10(18)15-11(2,3)9(16)17/h5-7H,4H2,1-3H3,(H,12,13)(H,16,17)(H2,14,15,18). The lowest BCUT2D eigenvalue weighted by atomic mass is 10.1. The van der Waals surface area contributed by atoms with Gasteiger partial charge in [-0.15, -0.1) is 0 Å². The van der Waals surface area contributed by atoms with E-state index in [0.717, 1.165) is 0 Å². The number of hydrogen-bond acceptors (Lipinski definition) is 3. The number of aromatic amines is 1. The molecular formula is C11H18N4O3. The third kappa shape index (κ3) is 3.47. The minimum absolute atomic E-state index is 0.274. The van der Waals surface area contributed by atoms with Crippen molar-refractivity contribution in [1.29, 1.82) is 0 Å². The third-order valence-corrected chi connectivity index (χ3v) is 2.52. The summed E-state index contributed by atoms with van der Waals surface area (Å²) in [6, 6.07) is -0.810. The molecule has 0 saturated carbocycles. The van der Waals surface area contributed by atoms with Crippen LogP contribution in [-0.2, 0) is 4.79 Å². The molecule has 1 heterocycles. The highest BCUT2D eigenvalue weighted by Crippen LogP contribution is 2.11. The summed E-state index contributed by atoms with van der Waals surface area (Å²) in [5, 5.41) is 14.0. The van der Waals surface area contributed by atoms with E-state index in [0.29, 0.717) is 12.2 Å². The van der Waals surface area contributed by atoms with Crippen LogP contribution in [0.15, 0.2) is 12.4 Å². The van der Waals surface area contributed by atoms with E-state index in [-0.39, 0.29) is 6.04 Å². The van der Waals surface area contributed by atoms with Gasteiger partial charge in [0.2, 0.25) is 0 Å². The fourth-order valence-electron chi connectivity index (χ4n) is 1.36. The maximum Gasteiger partial charge on any atom is 0.328 e. The van der Waals surface area contributed by atoms with E-state index in [1.54, 1.807) is 12.4 Å². The van der Waals surface area contributed by atoms with Crippen molar-refractivity contribution >= 4 is 12.0 Å². The van der Waals surface area contributed by atoms with Gasteiger partial charge in [-0.1, -0.05) is 6.92 Å². The molecule has 4 N–H and O–H groups in total. The quantitative estimate of drug-likeness (QED) is 0.629. The summed E-state index contributed by atoms with van der Waals surface area (Å²) in [4.78, 5) is 29.5. The van der Waals surface area contributed by atoms with Gasteiger partial charge in [0.1, 0.15) is 11.4 Å². The van der Waals surface area contributed by atoms with Crippen molar-refractivity contribution in [2.75, 3.05) is 0 Å². The molecule has 1 rings (SSSR count). The number of carboxylic acid groups (broad SMARTS) is 1. The van der Waals surface area contributed by atoms with Crippen molar-refractivity contribution in [3.63, 3.8) is 0 Å². The average molecular weight is 254 g/mol. The fraction of sp³-hybridized carbons (Fsp3) is 0.545. The number of aliphatic carboxylic acids is 1. The van der Waals surface area contributed by atoms with Gasteiger partial charge < -0.3 is 20.7 Å². The molecule has 0 bridgehead atoms. The molecule has 1 aromatic heterocycles. The first kappa shape index (κ1) is 14.0. The number of nitrogens with zero attached hydrogens (tertiary/aromatic N) is 1. The normalized spacial score (nSPS) is 12.8. The van der Waals surface area contributed by atoms with Crippen molar-refractivity contribution < 1.29 is 14.7 Å². The third-order valence-electron chi connectivity index (χ3n) is 2.52. The summed E-state index contributed by atoms with van der Waals surface area (Å²) < 4.78 is 0. The smallest absolute Gasteiger partial charge is 0.328 e. The van der Waals surface area contributed by atoms with Gasteiger partial charge in [-0.2, -0.15) is 0 Å². The van der Waals surface area contributed by atoms with Crippen molar-refractivity contribution in [2.24, 2.45) is 0 Å². The Morgan fingerprint density at radius 3 is 2.67 bits per heavy atom. The van der Waals surface area contributed by atoms with Crippen LogP contribution in [0.5, 0.6) is 0 Å². The number of H-pyrrole nitrogens is 1. The highest BCUT2D eigenvalue weighted by molar-refractivity contribution is 5.85. The lowest BCUT2D eigenvalue weighted by molar-refractivity contribution is -0.142. The van der Waals surface area contributed by atoms with Crippen LogP contribution in [0.2, 0.25) is 0 Å². The van der Waals surface area contributed by atoms with E-state index in [1.165, 1.54) is 13.8 Å². The number of rotatable bonds is 5. The first-order chi connectivity index (χ1) is 8.36. The number of aromatic nitrogens is 2. The van der Waals surface area contributed by atoms with Crippen molar-refractivity contribution in [3.8, 4) is 0 Å². The monoisotopic (exact) mass is 254 g/mol. The lowest BCUT2D eigenvalue weighted by Crippen LogP contribution is -2.53. The van der Waals surface area contributed by atoms with Crippen LogP contribution in [0.25, 0.3) is 0 Å². The highest BCUT2D eigenvalue weighted by atomic mass is 16.4. The summed E-state index contributed by atoms with van der Waals surface area (Å²) >= 11 is 0. The fourth-order valence-corrected chi connectivity index (χ4v) is 1.36. The van der Waals surface area contributed by atoms with Gasteiger partial charge in [0.25, 0.3) is 0 Å². The Labute approximate surface area is 105 Å². The second-order valence-electron chi connectivity index (χ2n) is 4.46. The summed E-state index contributed by atoms with van der Waals surface area (Å²) in [7, 11) is 0. The largest absolute Gasteiger partial charge is 0.480 e. The van der Waals surface area contributed by atoms with E-state index in [2.05, 4.69) is 20.6 Å². The second-order valence-corrected chi connectivity index (χ2v) is 4.46. The van der Waals surface area contributed by atoms with Crippen LogP contribution in [0.4, 0.5) is 4.79 Å². The van der Waals surface area contributed by atoms with Crippen LogP contribution < -0.4 is 10.6 Å². The van der Waals surface area contributed by atoms with E-state index < -0.39 is 17.5 Å². The molecule has 0 spiro atoms. The Bertz CT molecular complexity index is 414. The number of carboxylic acids is 1. The number of amides is 2. The molecule has 0 aliphatic carbocycles. The predicted octanol–water partition coefficient (Wildman–Crippen LogP) is 1.02. The molecular weight excluding hydrogens is 236 g/mol. The van der Waals surface area contributed by atoms with Crippen molar-refractivity contribution in [2.45, 2.75) is 38.8 Å². The SMILES string of the molecule is CCC(NC(=O)NC(C)(C)C(=O)O)c1ncc[nH]1. The van der Waals surface area contributed by atoms with Gasteiger partial charge in [0, 0.05) is 12.4 Å². The Morgan fingerprint density at radius 1 is 1.56 bits per heavy atom. The first-order valence-electron chi connectivity index (χ1n) is 5.68. The molecule has 0 aromatic carbocycles. The zero-order chi connectivity index (χ0) is 13.8. The molecule has 7 nitrogen and oxygen atoms in total. The Hall–Kier alpha value is -2.05. The van der Waals surface area contributed by atoms with Crippen LogP contribution in [0.1, 0.15) is 39.1 Å². The first-order valence-corrected chi connectivity index (χ1v) is 5.68. The average Bonchev–Trinajstić information content (AvgIpc) is 2.78. The van der Waals surface area contributed by atoms with Gasteiger partial charge >= 0.3 is 12.0 Å². The molecule has 0 saturated heterocycles. The number of urea groups is 1. The maximum atomic E-state index is 11.7. The molecule has 1 atom stereocenters. The van der Waals surface area contributed by atoms with Crippen molar-refractivity contribution in [3.05, 3.63) is 18.2 Å². The highest BCUT2D eigenvalue weighted by Gasteiger charge is 2.29. The van der Waals surface area contributed by atoms with E-state index in [1.807, 2.05) is 6.92 Å². The topological polar surface area (TPSA) is 107 Å². The molecule has 7 heteroatoms. The van der Waals surface area contributed by atoms with Crippen LogP contribution in [0.3, 0.4) is 0 Å². The maximum absolute atomic E-state index is 11.7. The summed E-state index contributed by atoms with van der Waals surface area (Å²) in [5.41, 5.74) is -1.31. The van der Waals surface area contributed by atoms with E-state index in [9.17, 15) is 9.59 Å². The molecule has 0 aliphatic heterocycles. The van der Waals surface area contributed by atoms with Crippen LogP contribution in [-0.4, -0.2) is 32.6 Å². The molecule has 0 radical (unpaired) electrons. The van der Waals surface area contributed by atoms with E-state index >= 15 is 0 Å². The molecule has 0 fully saturated rings. The molecule has 18 heavy (non-hydrogen) atoms. The van der Waals surface area contributed by atoms with Gasteiger partial charge in [-0.05, 0) is 20.3 Å². The van der Waals surface area contributed by atoms with Gasteiger partial charge in [-0.25, -0.2) is 14.6 Å². The molecule has 1 aromatic rings. The predicted molar refractivity (Wildman–Crippen MR) is 65.0 cm³/mol. The van der Waals surface area contributed by atoms with Gasteiger partial charge in [0.05, 0.1) is 6.04 Å². The summed E-state index contributed by atoms with van der Waals surface area (Å²) in [6.07, 6.45) is 3.91. The molecule has 0 aliphatic rings. The zero-order valence-electron chi connectivity index (χ0n) is 10.7. The van der Waals surface area contributed by atoms with E-state index in [4.69, 9.17) is 5.11 Å². The Balaban J connectivity index is 2.61. The lowest BCUT2D eigenvalue weighted by Gasteiger charge is -2.23. The minimum atomic E-state index is -1.31. The number of carbonyl (C=O) groups excluding carboxylic acids is 1. The number of imidazole rings is 1. The van der Waals surface area contributed by atoms with Crippen LogP contribution >= 0.6 is 0 Å². The van der Waals surface area contributed by atoms with Crippen LogP contribution in [0, 0.1) is 0 Å². The minimum Gasteiger partial charge on any atom is -0.480 e. The summed E-state index contributed by atoms with van der Waals surface area (Å²) in [6.45, 7) is 4.74. The number of hydrogen-bond donors (Lipinski definition) is 4. The number of nitrogens with one attached hydrogen (secondary N) is 3. The summed E-state index contributed by atoms with van der Waals surface area (Å²) in [5.74, 6) is -0.454. The Morgan fingerprint density at radius 2 is 2.22 bits per heavy atom. The molecule has 2 amide bonds. The molecule has 100 valence electrons. The van der Waals surface area contributed by atoms with Crippen molar-refractivity contribution in [1.82, 2.24) is 20.6 Å². The second kappa shape index (κ2) is 5.52.